The van der Waals surface area contributed by atoms with Crippen molar-refractivity contribution in [2.75, 3.05) is 5.32 Å². The average Bonchev–Trinajstić information content (AvgIpc) is 2.61. The van der Waals surface area contributed by atoms with Crippen LogP contribution in [0, 0.1) is 5.21 Å². The molecule has 0 bridgehead atoms. The molecule has 1 rings (SSSR count). The summed E-state index contributed by atoms with van der Waals surface area (Å²) >= 11 is 1.24. The van der Waals surface area contributed by atoms with E-state index in [2.05, 4.69) is 10.3 Å². The minimum Gasteiger partial charge on any atom is -0.624 e. The van der Waals surface area contributed by atoms with Gasteiger partial charge in [0.25, 0.3) is 0 Å². The maximum atomic E-state index is 11.5. The Kier molecular flexibility index (Phi) is 4.88. The largest absolute Gasteiger partial charge is 0.624 e. The topological polar surface area (TPSA) is 77.3 Å². The van der Waals surface area contributed by atoms with Gasteiger partial charge in [-0.1, -0.05) is 0 Å². The molecule has 1 N–H and O–H groups in total. The van der Waals surface area contributed by atoms with Gasteiger partial charge in [-0.25, -0.2) is 14.5 Å². The van der Waals surface area contributed by atoms with Crippen molar-refractivity contribution in [2.45, 2.75) is 46.3 Å². The Hall–Kier alpha value is -1.63. The second-order valence-corrected chi connectivity index (χ2v) is 6.15. The number of thiazole rings is 1. The van der Waals surface area contributed by atoms with Crippen molar-refractivity contribution < 1.29 is 14.3 Å². The number of ether oxygens (including phenoxy) is 1. The van der Waals surface area contributed by atoms with E-state index >= 15 is 0 Å². The Morgan fingerprint density at radius 2 is 2.21 bits per heavy atom. The minimum atomic E-state index is -0.559. The Balaban J connectivity index is 2.66. The zero-order valence-corrected chi connectivity index (χ0v) is 12.6. The molecule has 0 aliphatic heterocycles. The van der Waals surface area contributed by atoms with E-state index in [0.717, 1.165) is 4.74 Å². The number of carbonyl (C=O) groups is 1. The van der Waals surface area contributed by atoms with Gasteiger partial charge in [0, 0.05) is 5.38 Å². The molecule has 0 fully saturated rings. The molecule has 7 heteroatoms. The van der Waals surface area contributed by atoms with Gasteiger partial charge in [0.15, 0.2) is 11.2 Å². The number of rotatable bonds is 3. The van der Waals surface area contributed by atoms with Crippen LogP contribution >= 0.6 is 11.3 Å². The number of anilines is 1. The van der Waals surface area contributed by atoms with Crippen molar-refractivity contribution in [3.05, 3.63) is 16.3 Å². The third-order valence-corrected chi connectivity index (χ3v) is 2.67. The number of aromatic nitrogens is 1. The van der Waals surface area contributed by atoms with Crippen molar-refractivity contribution in [3.63, 3.8) is 0 Å². The molecule has 1 heterocycles. The van der Waals surface area contributed by atoms with Crippen LogP contribution in [0.2, 0.25) is 0 Å². The molecular formula is C12H19N3O3S. The molecule has 1 amide bonds. The molecule has 0 saturated carbocycles. The lowest BCUT2D eigenvalue weighted by atomic mass is 10.2. The second-order valence-electron chi connectivity index (χ2n) is 5.29. The van der Waals surface area contributed by atoms with E-state index < -0.39 is 11.7 Å². The molecule has 0 unspecified atom stereocenters. The third-order valence-electron chi connectivity index (χ3n) is 1.90. The summed E-state index contributed by atoms with van der Waals surface area (Å²) < 4.78 is 5.92. The first-order valence-electron chi connectivity index (χ1n) is 5.93. The summed E-state index contributed by atoms with van der Waals surface area (Å²) in [6, 6.07) is -0.149. The normalized spacial score (nSPS) is 12.6. The first-order chi connectivity index (χ1) is 8.67. The van der Waals surface area contributed by atoms with Crippen molar-refractivity contribution in [3.8, 4) is 0 Å². The molecule has 0 atom stereocenters. The van der Waals surface area contributed by atoms with Crippen LogP contribution in [-0.4, -0.2) is 33.7 Å². The number of nitrogens with one attached hydrogen (secondary N) is 1. The Morgan fingerprint density at radius 3 is 2.74 bits per heavy atom. The fraction of sp³-hybridized carbons (Fsp3) is 0.583. The van der Waals surface area contributed by atoms with Crippen LogP contribution in [0.5, 0.6) is 0 Å². The quantitative estimate of drug-likeness (QED) is 0.401. The smallest absolute Gasteiger partial charge is 0.413 e. The number of hydroxylamine groups is 1. The summed E-state index contributed by atoms with van der Waals surface area (Å²) in [5, 5.41) is 16.1. The number of nitrogens with zero attached hydrogens (tertiary/aromatic N) is 2. The highest BCUT2D eigenvalue weighted by Gasteiger charge is 2.17. The van der Waals surface area contributed by atoms with Crippen LogP contribution in [0.25, 0.3) is 0 Å². The third kappa shape index (κ3) is 5.69. The Morgan fingerprint density at radius 1 is 1.58 bits per heavy atom. The predicted octanol–water partition coefficient (Wildman–Crippen LogP) is 2.83. The standard InChI is InChI=1S/C12H19N3O3S/c1-8(2)15(17)6-9-7-19-10(13-9)14-11(16)18-12(3,4)5/h6-8H,1-5H3,(H,13,14,16). The van der Waals surface area contributed by atoms with Crippen molar-refractivity contribution in [2.24, 2.45) is 0 Å². The van der Waals surface area contributed by atoms with E-state index in [9.17, 15) is 10.0 Å². The molecule has 1 aromatic heterocycles. The van der Waals surface area contributed by atoms with Gasteiger partial charge < -0.3 is 9.94 Å². The molecule has 0 aliphatic carbocycles. The monoisotopic (exact) mass is 285 g/mol. The molecule has 0 saturated heterocycles. The second kappa shape index (κ2) is 6.01. The molecule has 0 aliphatic rings. The lowest BCUT2D eigenvalue weighted by molar-refractivity contribution is -0.487. The maximum Gasteiger partial charge on any atom is 0.413 e. The van der Waals surface area contributed by atoms with Gasteiger partial charge in [0.1, 0.15) is 11.3 Å². The van der Waals surface area contributed by atoms with Crippen LogP contribution in [-0.2, 0) is 4.74 Å². The van der Waals surface area contributed by atoms with E-state index in [1.165, 1.54) is 17.6 Å². The van der Waals surface area contributed by atoms with Crippen LogP contribution in [0.4, 0.5) is 9.93 Å². The molecule has 6 nitrogen and oxygen atoms in total. The van der Waals surface area contributed by atoms with E-state index in [1.807, 2.05) is 0 Å². The fourth-order valence-corrected chi connectivity index (χ4v) is 1.72. The lowest BCUT2D eigenvalue weighted by Crippen LogP contribution is -2.27. The van der Waals surface area contributed by atoms with Crippen LogP contribution in [0.3, 0.4) is 0 Å². The highest BCUT2D eigenvalue weighted by atomic mass is 32.1. The van der Waals surface area contributed by atoms with Gasteiger partial charge in [-0.05, 0) is 34.6 Å². The summed E-state index contributed by atoms with van der Waals surface area (Å²) in [6.45, 7) is 8.92. The lowest BCUT2D eigenvalue weighted by Gasteiger charge is -2.18. The first-order valence-corrected chi connectivity index (χ1v) is 6.81. The molecule has 19 heavy (non-hydrogen) atoms. The summed E-state index contributed by atoms with van der Waals surface area (Å²) in [4.78, 5) is 15.6. The summed E-state index contributed by atoms with van der Waals surface area (Å²) in [7, 11) is 0. The van der Waals surface area contributed by atoms with Crippen molar-refractivity contribution >= 4 is 28.8 Å². The predicted molar refractivity (Wildman–Crippen MR) is 75.9 cm³/mol. The highest BCUT2D eigenvalue weighted by molar-refractivity contribution is 7.14. The summed E-state index contributed by atoms with van der Waals surface area (Å²) in [6.07, 6.45) is 0.831. The zero-order chi connectivity index (χ0) is 14.6. The number of carbonyl (C=O) groups excluding carboxylic acids is 1. The van der Waals surface area contributed by atoms with Gasteiger partial charge in [0.2, 0.25) is 6.21 Å². The van der Waals surface area contributed by atoms with Gasteiger partial charge in [-0.15, -0.1) is 11.3 Å². The summed E-state index contributed by atoms with van der Waals surface area (Å²) in [5.74, 6) is 0. The molecule has 0 spiro atoms. The minimum absolute atomic E-state index is 0.149. The number of hydrogen-bond donors (Lipinski definition) is 1. The van der Waals surface area contributed by atoms with Crippen molar-refractivity contribution in [1.29, 1.82) is 0 Å². The van der Waals surface area contributed by atoms with Gasteiger partial charge in [0.05, 0.1) is 0 Å². The van der Waals surface area contributed by atoms with Crippen LogP contribution in [0.15, 0.2) is 5.38 Å². The van der Waals surface area contributed by atoms with E-state index in [0.29, 0.717) is 10.8 Å². The van der Waals surface area contributed by atoms with Crippen molar-refractivity contribution in [1.82, 2.24) is 4.98 Å². The van der Waals surface area contributed by atoms with E-state index in [-0.39, 0.29) is 6.04 Å². The number of hydrogen-bond acceptors (Lipinski definition) is 5. The summed E-state index contributed by atoms with van der Waals surface area (Å²) in [5.41, 5.74) is -0.0421. The number of amides is 1. The SMILES string of the molecule is CC(C)[N+]([O-])=Cc1csc(NC(=O)OC(C)(C)C)n1. The molecule has 1 aromatic rings. The maximum absolute atomic E-state index is 11.5. The van der Waals surface area contributed by atoms with E-state index in [1.54, 1.807) is 40.0 Å². The molecule has 0 radical (unpaired) electrons. The zero-order valence-electron chi connectivity index (χ0n) is 11.8. The van der Waals surface area contributed by atoms with Crippen LogP contribution < -0.4 is 5.32 Å². The Labute approximate surface area is 116 Å². The van der Waals surface area contributed by atoms with Gasteiger partial charge >= 0.3 is 6.09 Å². The van der Waals surface area contributed by atoms with Gasteiger partial charge in [-0.3, -0.25) is 5.32 Å². The average molecular weight is 285 g/mol. The highest BCUT2D eigenvalue weighted by Crippen LogP contribution is 2.16. The fourth-order valence-electron chi connectivity index (χ4n) is 1.07. The first kappa shape index (κ1) is 15.4. The Bertz CT molecular complexity index is 475. The molecule has 0 aromatic carbocycles. The van der Waals surface area contributed by atoms with E-state index in [4.69, 9.17) is 4.74 Å². The molecular weight excluding hydrogens is 266 g/mol. The van der Waals surface area contributed by atoms with Crippen LogP contribution in [0.1, 0.15) is 40.3 Å². The van der Waals surface area contributed by atoms with Gasteiger partial charge in [-0.2, -0.15) is 0 Å². The molecule has 106 valence electrons.